The van der Waals surface area contributed by atoms with E-state index in [4.69, 9.17) is 21.4 Å². The number of aliphatic hydroxyl groups excluding tert-OH is 1. The molecule has 6 nitrogen and oxygen atoms in total. The third kappa shape index (κ3) is 3.92. The molecule has 2 aromatic rings. The van der Waals surface area contributed by atoms with Crippen LogP contribution in [0.25, 0.3) is 5.76 Å². The SMILES string of the molecule is Cc1oncc1/C(O)=C(\C#N)C(=O)Nc1ccc(C(F)(F)F)c(Cl)c1. The number of carbonyl (C=O) groups excluding carboxylic acids is 1. The molecule has 0 unspecified atom stereocenters. The zero-order chi connectivity index (χ0) is 18.8. The minimum atomic E-state index is -4.64. The van der Waals surface area contributed by atoms with Gasteiger partial charge in [-0.3, -0.25) is 4.79 Å². The summed E-state index contributed by atoms with van der Waals surface area (Å²) in [5, 5.41) is 24.1. The number of halogens is 4. The first kappa shape index (κ1) is 18.4. The molecule has 0 bridgehead atoms. The first-order chi connectivity index (χ1) is 11.6. The molecule has 0 spiro atoms. The van der Waals surface area contributed by atoms with Crippen LogP contribution in [-0.4, -0.2) is 16.2 Å². The molecule has 0 saturated heterocycles. The summed E-state index contributed by atoms with van der Waals surface area (Å²) in [7, 11) is 0. The number of carbonyl (C=O) groups is 1. The van der Waals surface area contributed by atoms with Crippen molar-refractivity contribution >= 4 is 29.0 Å². The number of amides is 1. The van der Waals surface area contributed by atoms with Crippen molar-refractivity contribution in [1.29, 1.82) is 5.26 Å². The Kier molecular flexibility index (Phi) is 5.04. The topological polar surface area (TPSA) is 99.2 Å². The molecular formula is C15H9ClF3N3O3. The van der Waals surface area contributed by atoms with Crippen LogP contribution in [0.5, 0.6) is 0 Å². The van der Waals surface area contributed by atoms with Crippen LogP contribution in [0.2, 0.25) is 5.02 Å². The molecule has 10 heteroatoms. The molecule has 1 aromatic carbocycles. The predicted octanol–water partition coefficient (Wildman–Crippen LogP) is 4.09. The summed E-state index contributed by atoms with van der Waals surface area (Å²) < 4.78 is 42.7. The highest BCUT2D eigenvalue weighted by Crippen LogP contribution is 2.36. The van der Waals surface area contributed by atoms with Crippen LogP contribution < -0.4 is 5.32 Å². The van der Waals surface area contributed by atoms with Crippen LogP contribution in [0.3, 0.4) is 0 Å². The molecule has 1 amide bonds. The normalized spacial score (nSPS) is 12.3. The summed E-state index contributed by atoms with van der Waals surface area (Å²) in [6.07, 6.45) is -3.52. The Labute approximate surface area is 144 Å². The number of hydrogen-bond donors (Lipinski definition) is 2. The van der Waals surface area contributed by atoms with E-state index in [1.807, 2.05) is 0 Å². The minimum Gasteiger partial charge on any atom is -0.506 e. The molecule has 0 aliphatic rings. The van der Waals surface area contributed by atoms with Crippen molar-refractivity contribution in [2.45, 2.75) is 13.1 Å². The van der Waals surface area contributed by atoms with Crippen molar-refractivity contribution in [1.82, 2.24) is 5.16 Å². The zero-order valence-corrected chi connectivity index (χ0v) is 13.2. The summed E-state index contributed by atoms with van der Waals surface area (Å²) in [5.74, 6) is -1.52. The van der Waals surface area contributed by atoms with Gasteiger partial charge < -0.3 is 14.9 Å². The van der Waals surface area contributed by atoms with Gasteiger partial charge in [0.1, 0.15) is 11.8 Å². The van der Waals surface area contributed by atoms with Gasteiger partial charge in [0.15, 0.2) is 11.3 Å². The molecule has 2 rings (SSSR count). The fourth-order valence-corrected chi connectivity index (χ4v) is 2.18. The third-order valence-electron chi connectivity index (χ3n) is 3.11. The number of nitriles is 1. The molecule has 25 heavy (non-hydrogen) atoms. The summed E-state index contributed by atoms with van der Waals surface area (Å²) >= 11 is 5.56. The van der Waals surface area contributed by atoms with Gasteiger partial charge in [0.05, 0.1) is 22.3 Å². The van der Waals surface area contributed by atoms with Gasteiger partial charge in [-0.05, 0) is 25.1 Å². The molecule has 130 valence electrons. The minimum absolute atomic E-state index is 0.0390. The number of nitrogens with one attached hydrogen (secondary N) is 1. The highest BCUT2D eigenvalue weighted by Gasteiger charge is 2.33. The number of aliphatic hydroxyl groups is 1. The second kappa shape index (κ2) is 6.86. The number of benzene rings is 1. The smallest absolute Gasteiger partial charge is 0.417 e. The van der Waals surface area contributed by atoms with Crippen molar-refractivity contribution < 1.29 is 27.6 Å². The van der Waals surface area contributed by atoms with E-state index in [2.05, 4.69) is 10.5 Å². The van der Waals surface area contributed by atoms with Crippen molar-refractivity contribution in [3.63, 3.8) is 0 Å². The summed E-state index contributed by atoms with van der Waals surface area (Å²) in [4.78, 5) is 12.1. The van der Waals surface area contributed by atoms with Crippen molar-refractivity contribution in [3.05, 3.63) is 51.9 Å². The fourth-order valence-electron chi connectivity index (χ4n) is 1.89. The Balaban J connectivity index is 2.31. The lowest BCUT2D eigenvalue weighted by molar-refractivity contribution is -0.137. The molecule has 0 atom stereocenters. The van der Waals surface area contributed by atoms with Gasteiger partial charge in [0, 0.05) is 5.69 Å². The quantitative estimate of drug-likeness (QED) is 0.481. The monoisotopic (exact) mass is 371 g/mol. The van der Waals surface area contributed by atoms with Gasteiger partial charge in [0.25, 0.3) is 5.91 Å². The number of aryl methyl sites for hydroxylation is 1. The number of rotatable bonds is 3. The van der Waals surface area contributed by atoms with Gasteiger partial charge in [0.2, 0.25) is 0 Å². The largest absolute Gasteiger partial charge is 0.506 e. The Morgan fingerprint density at radius 1 is 1.44 bits per heavy atom. The van der Waals surface area contributed by atoms with E-state index < -0.39 is 34.0 Å². The average molecular weight is 372 g/mol. The zero-order valence-electron chi connectivity index (χ0n) is 12.5. The molecule has 2 N–H and O–H groups in total. The second-order valence-electron chi connectivity index (χ2n) is 4.78. The highest BCUT2D eigenvalue weighted by molar-refractivity contribution is 6.31. The van der Waals surface area contributed by atoms with E-state index in [1.165, 1.54) is 13.0 Å². The van der Waals surface area contributed by atoms with E-state index in [9.17, 15) is 23.1 Å². The summed E-state index contributed by atoms with van der Waals surface area (Å²) in [6.45, 7) is 1.46. The van der Waals surface area contributed by atoms with Crippen LogP contribution in [-0.2, 0) is 11.0 Å². The molecular weight excluding hydrogens is 363 g/mol. The van der Waals surface area contributed by atoms with Crippen LogP contribution >= 0.6 is 11.6 Å². The number of aromatic nitrogens is 1. The standard InChI is InChI=1S/C15H9ClF3N3O3/c1-7-10(6-21-25-7)13(23)9(5-20)14(24)22-8-2-3-11(12(16)4-8)15(17,18)19/h2-4,6,23H,1H3,(H,22,24)/b13-9-. The fraction of sp³-hybridized carbons (Fsp3) is 0.133. The molecule has 1 heterocycles. The Hall–Kier alpha value is -2.99. The number of nitrogens with zero attached hydrogens (tertiary/aromatic N) is 2. The van der Waals surface area contributed by atoms with Crippen LogP contribution in [0.1, 0.15) is 16.9 Å². The molecule has 0 saturated carbocycles. The second-order valence-corrected chi connectivity index (χ2v) is 5.18. The van der Waals surface area contributed by atoms with Gasteiger partial charge in [-0.25, -0.2) is 0 Å². The van der Waals surface area contributed by atoms with Crippen LogP contribution in [0.4, 0.5) is 18.9 Å². The van der Waals surface area contributed by atoms with Crippen molar-refractivity contribution in [3.8, 4) is 6.07 Å². The van der Waals surface area contributed by atoms with E-state index in [0.29, 0.717) is 6.07 Å². The van der Waals surface area contributed by atoms with E-state index >= 15 is 0 Å². The van der Waals surface area contributed by atoms with Crippen LogP contribution in [0.15, 0.2) is 34.5 Å². The van der Waals surface area contributed by atoms with Gasteiger partial charge in [-0.15, -0.1) is 0 Å². The lowest BCUT2D eigenvalue weighted by atomic mass is 10.1. The maximum absolute atomic E-state index is 12.7. The van der Waals surface area contributed by atoms with Crippen molar-refractivity contribution in [2.24, 2.45) is 0 Å². The number of alkyl halides is 3. The third-order valence-corrected chi connectivity index (χ3v) is 3.43. The van der Waals surface area contributed by atoms with Gasteiger partial charge in [-0.1, -0.05) is 16.8 Å². The lowest BCUT2D eigenvalue weighted by Gasteiger charge is -2.11. The van der Waals surface area contributed by atoms with Gasteiger partial charge >= 0.3 is 6.18 Å². The molecule has 0 aliphatic heterocycles. The van der Waals surface area contributed by atoms with Crippen LogP contribution in [0, 0.1) is 18.3 Å². The molecule has 1 aromatic heterocycles. The summed E-state index contributed by atoms with van der Waals surface area (Å²) in [6, 6.07) is 4.08. The molecule has 0 fully saturated rings. The van der Waals surface area contributed by atoms with E-state index in [-0.39, 0.29) is 17.0 Å². The average Bonchev–Trinajstić information content (AvgIpc) is 2.92. The Bertz CT molecular complexity index is 897. The highest BCUT2D eigenvalue weighted by atomic mass is 35.5. The number of anilines is 1. The van der Waals surface area contributed by atoms with Crippen molar-refractivity contribution in [2.75, 3.05) is 5.32 Å². The first-order valence-electron chi connectivity index (χ1n) is 6.58. The maximum atomic E-state index is 12.7. The molecule has 0 radical (unpaired) electrons. The number of hydrogen-bond acceptors (Lipinski definition) is 5. The van der Waals surface area contributed by atoms with E-state index in [0.717, 1.165) is 18.3 Å². The Morgan fingerprint density at radius 2 is 2.12 bits per heavy atom. The first-order valence-corrected chi connectivity index (χ1v) is 6.96. The van der Waals surface area contributed by atoms with E-state index in [1.54, 1.807) is 0 Å². The Morgan fingerprint density at radius 3 is 2.60 bits per heavy atom. The molecule has 0 aliphatic carbocycles. The lowest BCUT2D eigenvalue weighted by Crippen LogP contribution is -2.15. The summed E-state index contributed by atoms with van der Waals surface area (Å²) in [5.41, 5.74) is -1.77. The van der Waals surface area contributed by atoms with Gasteiger partial charge in [-0.2, -0.15) is 18.4 Å². The maximum Gasteiger partial charge on any atom is 0.417 e. The predicted molar refractivity (Wildman–Crippen MR) is 81.5 cm³/mol.